The Kier molecular flexibility index (Phi) is 4.45. The van der Waals surface area contributed by atoms with Crippen molar-refractivity contribution >= 4 is 5.84 Å². The van der Waals surface area contributed by atoms with E-state index in [4.69, 9.17) is 0 Å². The minimum absolute atomic E-state index is 0.892. The van der Waals surface area contributed by atoms with Crippen molar-refractivity contribution in [1.82, 2.24) is 10.6 Å². The first-order valence-electron chi connectivity index (χ1n) is 6.43. The Morgan fingerprint density at radius 3 is 3.20 bits per heavy atom. The average Bonchev–Trinajstić information content (AvgIpc) is 2.62. The van der Waals surface area contributed by atoms with Gasteiger partial charge in [-0.2, -0.15) is 0 Å². The monoisotopic (exact) mass is 209 g/mol. The average molecular weight is 209 g/mol. The standard InChI is InChI=1S/C12H23N3/c1-2-4-12(14-7-3-1)15-9-6-11-5-8-13-10-11/h11,13H,1-10H2,(H,14,15). The number of rotatable bonds is 3. The second-order valence-corrected chi connectivity index (χ2v) is 4.71. The van der Waals surface area contributed by atoms with Gasteiger partial charge in [0.2, 0.25) is 0 Å². The lowest BCUT2D eigenvalue weighted by Gasteiger charge is -2.11. The molecule has 3 heteroatoms. The Morgan fingerprint density at radius 1 is 1.33 bits per heavy atom. The van der Waals surface area contributed by atoms with E-state index in [-0.39, 0.29) is 0 Å². The molecule has 1 fully saturated rings. The molecule has 0 aliphatic carbocycles. The lowest BCUT2D eigenvalue weighted by atomic mass is 10.1. The second-order valence-electron chi connectivity index (χ2n) is 4.71. The minimum Gasteiger partial charge on any atom is -0.374 e. The molecular weight excluding hydrogens is 186 g/mol. The topological polar surface area (TPSA) is 36.4 Å². The SMILES string of the molecule is C1CCN=C(NCCC2CCNC2)CC1. The van der Waals surface area contributed by atoms with Crippen LogP contribution in [0.25, 0.3) is 0 Å². The maximum Gasteiger partial charge on any atom is 0.0963 e. The summed E-state index contributed by atoms with van der Waals surface area (Å²) in [7, 11) is 0. The number of hydrogen-bond acceptors (Lipinski definition) is 3. The normalized spacial score (nSPS) is 27.2. The fraction of sp³-hybridized carbons (Fsp3) is 0.917. The Morgan fingerprint density at radius 2 is 2.33 bits per heavy atom. The molecule has 0 spiro atoms. The van der Waals surface area contributed by atoms with Crippen molar-refractivity contribution in [3.05, 3.63) is 0 Å². The molecule has 3 nitrogen and oxygen atoms in total. The zero-order valence-electron chi connectivity index (χ0n) is 9.60. The fourth-order valence-electron chi connectivity index (χ4n) is 2.40. The van der Waals surface area contributed by atoms with Crippen molar-refractivity contribution in [2.45, 2.75) is 38.5 Å². The van der Waals surface area contributed by atoms with E-state index >= 15 is 0 Å². The van der Waals surface area contributed by atoms with Crippen LogP contribution in [0.1, 0.15) is 38.5 Å². The molecule has 2 heterocycles. The van der Waals surface area contributed by atoms with Crippen molar-refractivity contribution in [2.75, 3.05) is 26.2 Å². The number of amidine groups is 1. The van der Waals surface area contributed by atoms with Crippen LogP contribution >= 0.6 is 0 Å². The maximum absolute atomic E-state index is 4.58. The van der Waals surface area contributed by atoms with Gasteiger partial charge in [0.05, 0.1) is 5.84 Å². The third-order valence-electron chi connectivity index (χ3n) is 3.42. The summed E-state index contributed by atoms with van der Waals surface area (Å²) in [5.74, 6) is 2.15. The minimum atomic E-state index is 0.892. The molecule has 15 heavy (non-hydrogen) atoms. The van der Waals surface area contributed by atoms with Crippen LogP contribution < -0.4 is 10.6 Å². The molecule has 0 aromatic heterocycles. The molecule has 0 bridgehead atoms. The van der Waals surface area contributed by atoms with E-state index in [2.05, 4.69) is 15.6 Å². The van der Waals surface area contributed by atoms with Gasteiger partial charge in [-0.25, -0.2) is 0 Å². The predicted octanol–water partition coefficient (Wildman–Crippen LogP) is 1.55. The van der Waals surface area contributed by atoms with E-state index in [1.54, 1.807) is 0 Å². The molecule has 1 unspecified atom stereocenters. The highest BCUT2D eigenvalue weighted by Gasteiger charge is 2.13. The first-order chi connectivity index (χ1) is 7.45. The van der Waals surface area contributed by atoms with Crippen LogP contribution in [-0.4, -0.2) is 32.0 Å². The van der Waals surface area contributed by atoms with Crippen molar-refractivity contribution in [3.8, 4) is 0 Å². The number of aliphatic imine (C=N–C) groups is 1. The molecule has 2 aliphatic rings. The molecule has 0 amide bonds. The second kappa shape index (κ2) is 6.11. The van der Waals surface area contributed by atoms with Crippen LogP contribution in [0.15, 0.2) is 4.99 Å². The van der Waals surface area contributed by atoms with Gasteiger partial charge >= 0.3 is 0 Å². The highest BCUT2D eigenvalue weighted by atomic mass is 15.0. The zero-order valence-corrected chi connectivity index (χ0v) is 9.60. The number of hydrogen-bond donors (Lipinski definition) is 2. The smallest absolute Gasteiger partial charge is 0.0963 e. The molecule has 1 saturated heterocycles. The zero-order chi connectivity index (χ0) is 10.3. The van der Waals surface area contributed by atoms with E-state index < -0.39 is 0 Å². The molecule has 0 aromatic rings. The molecule has 0 saturated carbocycles. The third-order valence-corrected chi connectivity index (χ3v) is 3.42. The van der Waals surface area contributed by atoms with E-state index in [9.17, 15) is 0 Å². The summed E-state index contributed by atoms with van der Waals surface area (Å²) < 4.78 is 0. The summed E-state index contributed by atoms with van der Waals surface area (Å²) >= 11 is 0. The van der Waals surface area contributed by atoms with Gasteiger partial charge in [-0.15, -0.1) is 0 Å². The summed E-state index contributed by atoms with van der Waals surface area (Å²) in [4.78, 5) is 4.58. The molecule has 0 aromatic carbocycles. The third kappa shape index (κ3) is 3.82. The summed E-state index contributed by atoms with van der Waals surface area (Å²) in [6.45, 7) is 4.58. The van der Waals surface area contributed by atoms with Crippen LogP contribution in [-0.2, 0) is 0 Å². The van der Waals surface area contributed by atoms with E-state index in [1.807, 2.05) is 0 Å². The quantitative estimate of drug-likeness (QED) is 0.740. The van der Waals surface area contributed by atoms with E-state index in [0.29, 0.717) is 0 Å². The van der Waals surface area contributed by atoms with E-state index in [0.717, 1.165) is 19.0 Å². The van der Waals surface area contributed by atoms with Crippen LogP contribution in [0.3, 0.4) is 0 Å². The largest absolute Gasteiger partial charge is 0.374 e. The molecule has 2 aliphatic heterocycles. The number of nitrogens with one attached hydrogen (secondary N) is 2. The summed E-state index contributed by atoms with van der Waals surface area (Å²) in [5.41, 5.74) is 0. The molecule has 2 rings (SSSR count). The highest BCUT2D eigenvalue weighted by molar-refractivity contribution is 5.82. The number of nitrogens with zero attached hydrogens (tertiary/aromatic N) is 1. The summed E-state index contributed by atoms with van der Waals surface area (Å²) in [6.07, 6.45) is 7.76. The van der Waals surface area contributed by atoms with Gasteiger partial charge in [-0.1, -0.05) is 6.42 Å². The first kappa shape index (κ1) is 10.9. The van der Waals surface area contributed by atoms with Crippen LogP contribution in [0.5, 0.6) is 0 Å². The fourth-order valence-corrected chi connectivity index (χ4v) is 2.40. The van der Waals surface area contributed by atoms with Gasteiger partial charge in [0.15, 0.2) is 0 Å². The van der Waals surface area contributed by atoms with Gasteiger partial charge in [0, 0.05) is 19.5 Å². The maximum atomic E-state index is 4.58. The molecular formula is C12H23N3. The van der Waals surface area contributed by atoms with Crippen molar-refractivity contribution < 1.29 is 0 Å². The van der Waals surface area contributed by atoms with Gasteiger partial charge < -0.3 is 10.6 Å². The van der Waals surface area contributed by atoms with Gasteiger partial charge in [0.1, 0.15) is 0 Å². The molecule has 1 atom stereocenters. The molecule has 2 N–H and O–H groups in total. The molecule has 0 radical (unpaired) electrons. The Hall–Kier alpha value is -0.570. The lowest BCUT2D eigenvalue weighted by Crippen LogP contribution is -2.26. The molecule has 86 valence electrons. The first-order valence-corrected chi connectivity index (χ1v) is 6.43. The van der Waals surface area contributed by atoms with Crippen molar-refractivity contribution in [3.63, 3.8) is 0 Å². The van der Waals surface area contributed by atoms with Crippen LogP contribution in [0, 0.1) is 5.92 Å². The van der Waals surface area contributed by atoms with Gasteiger partial charge in [-0.3, -0.25) is 4.99 Å². The summed E-state index contributed by atoms with van der Waals surface area (Å²) in [5, 5.41) is 6.92. The van der Waals surface area contributed by atoms with Gasteiger partial charge in [-0.05, 0) is 44.7 Å². The Labute approximate surface area is 92.7 Å². The van der Waals surface area contributed by atoms with E-state index in [1.165, 1.54) is 57.5 Å². The predicted molar refractivity (Wildman–Crippen MR) is 64.4 cm³/mol. The Bertz CT molecular complexity index is 207. The van der Waals surface area contributed by atoms with Crippen LogP contribution in [0.2, 0.25) is 0 Å². The lowest BCUT2D eigenvalue weighted by molar-refractivity contribution is 0.526. The van der Waals surface area contributed by atoms with Crippen LogP contribution in [0.4, 0.5) is 0 Å². The summed E-state index contributed by atoms with van der Waals surface area (Å²) in [6, 6.07) is 0. The Balaban J connectivity index is 1.61. The van der Waals surface area contributed by atoms with Gasteiger partial charge in [0.25, 0.3) is 0 Å². The van der Waals surface area contributed by atoms with Crippen molar-refractivity contribution in [2.24, 2.45) is 10.9 Å². The highest BCUT2D eigenvalue weighted by Crippen LogP contribution is 2.11. The van der Waals surface area contributed by atoms with Crippen molar-refractivity contribution in [1.29, 1.82) is 0 Å².